The topological polar surface area (TPSA) is 101 Å². The molecule has 0 aliphatic heterocycles. The van der Waals surface area contributed by atoms with Gasteiger partial charge >= 0.3 is 0 Å². The number of H-pyrrole nitrogens is 1. The largest absolute Gasteiger partial charge is 0.322 e. The number of fused-ring (bicyclic) bond motifs is 2. The zero-order valence-electron chi connectivity index (χ0n) is 11.4. The molecule has 8 heteroatoms. The highest BCUT2D eigenvalue weighted by Gasteiger charge is 2.11. The number of hydrogen-bond donors (Lipinski definition) is 2. The van der Waals surface area contributed by atoms with Crippen molar-refractivity contribution in [3.63, 3.8) is 0 Å². The van der Waals surface area contributed by atoms with E-state index in [9.17, 15) is 4.79 Å². The summed E-state index contributed by atoms with van der Waals surface area (Å²) in [6, 6.07) is 9.15. The van der Waals surface area contributed by atoms with Gasteiger partial charge in [-0.1, -0.05) is 6.07 Å². The number of hydrogen-bond acceptors (Lipinski definition) is 5. The maximum Gasteiger partial charge on any atom is 0.246 e. The number of pyridine rings is 1. The van der Waals surface area contributed by atoms with Crippen molar-refractivity contribution in [3.8, 4) is 0 Å². The summed E-state index contributed by atoms with van der Waals surface area (Å²) >= 11 is 0. The van der Waals surface area contributed by atoms with Crippen molar-refractivity contribution in [3.05, 3.63) is 42.7 Å². The Kier molecular flexibility index (Phi) is 2.78. The third-order valence-electron chi connectivity index (χ3n) is 3.31. The van der Waals surface area contributed by atoms with Crippen molar-refractivity contribution < 1.29 is 4.79 Å². The zero-order valence-corrected chi connectivity index (χ0v) is 11.4. The van der Waals surface area contributed by atoms with Gasteiger partial charge in [-0.25, -0.2) is 9.67 Å². The molecule has 0 fully saturated rings. The fourth-order valence-electron chi connectivity index (χ4n) is 2.32. The van der Waals surface area contributed by atoms with E-state index in [-0.39, 0.29) is 12.5 Å². The Balaban J connectivity index is 1.59. The van der Waals surface area contributed by atoms with E-state index >= 15 is 0 Å². The third kappa shape index (κ3) is 2.06. The van der Waals surface area contributed by atoms with Crippen LogP contribution in [0.5, 0.6) is 0 Å². The Morgan fingerprint density at radius 1 is 1.23 bits per heavy atom. The van der Waals surface area contributed by atoms with Gasteiger partial charge in [0.05, 0.1) is 11.9 Å². The van der Waals surface area contributed by atoms with Gasteiger partial charge in [0.1, 0.15) is 17.6 Å². The van der Waals surface area contributed by atoms with Crippen molar-refractivity contribution in [1.82, 2.24) is 30.2 Å². The lowest BCUT2D eigenvalue weighted by Crippen LogP contribution is -2.19. The van der Waals surface area contributed by atoms with Gasteiger partial charge in [-0.15, -0.1) is 0 Å². The molecule has 8 nitrogen and oxygen atoms in total. The molecule has 0 spiro atoms. The molecule has 108 valence electrons. The van der Waals surface area contributed by atoms with Crippen molar-refractivity contribution >= 4 is 33.7 Å². The van der Waals surface area contributed by atoms with Gasteiger partial charge in [-0.2, -0.15) is 20.5 Å². The highest BCUT2D eigenvalue weighted by Crippen LogP contribution is 2.18. The number of benzene rings is 1. The van der Waals surface area contributed by atoms with Crippen LogP contribution in [0.15, 0.2) is 42.7 Å². The standard InChI is InChI=1S/C14H11N7O/c22-12(8-21-14-9(7-16-21)3-2-6-15-14)17-10-4-1-5-11-13(10)19-20-18-11/h1-7H,8H2,(H,17,22)(H,18,19,20). The first kappa shape index (κ1) is 12.5. The minimum absolute atomic E-state index is 0.0781. The predicted molar refractivity (Wildman–Crippen MR) is 80.0 cm³/mol. The normalized spacial score (nSPS) is 11.1. The summed E-state index contributed by atoms with van der Waals surface area (Å²) in [6.07, 6.45) is 3.36. The van der Waals surface area contributed by atoms with Crippen molar-refractivity contribution in [2.45, 2.75) is 6.54 Å². The number of carbonyl (C=O) groups excluding carboxylic acids is 1. The van der Waals surface area contributed by atoms with Crippen LogP contribution in [-0.2, 0) is 11.3 Å². The molecule has 0 saturated heterocycles. The van der Waals surface area contributed by atoms with E-state index in [1.165, 1.54) is 0 Å². The third-order valence-corrected chi connectivity index (χ3v) is 3.31. The molecule has 0 radical (unpaired) electrons. The zero-order chi connectivity index (χ0) is 14.9. The fourth-order valence-corrected chi connectivity index (χ4v) is 2.32. The maximum absolute atomic E-state index is 12.2. The molecule has 0 bridgehead atoms. The summed E-state index contributed by atoms with van der Waals surface area (Å²) in [5.41, 5.74) is 2.61. The predicted octanol–water partition coefficient (Wildman–Crippen LogP) is 1.34. The van der Waals surface area contributed by atoms with Gasteiger partial charge in [-0.05, 0) is 24.3 Å². The summed E-state index contributed by atoms with van der Waals surface area (Å²) in [4.78, 5) is 16.5. The minimum Gasteiger partial charge on any atom is -0.322 e. The number of nitrogens with zero attached hydrogens (tertiary/aromatic N) is 5. The van der Waals surface area contributed by atoms with Crippen molar-refractivity contribution in [2.24, 2.45) is 0 Å². The Bertz CT molecular complexity index is 971. The second-order valence-electron chi connectivity index (χ2n) is 4.76. The van der Waals surface area contributed by atoms with Gasteiger partial charge < -0.3 is 5.32 Å². The second-order valence-corrected chi connectivity index (χ2v) is 4.76. The van der Waals surface area contributed by atoms with E-state index in [1.54, 1.807) is 23.1 Å². The number of aromatic amines is 1. The molecular formula is C14H11N7O. The second kappa shape index (κ2) is 4.92. The van der Waals surface area contributed by atoms with Gasteiger partial charge in [0.2, 0.25) is 5.91 Å². The molecule has 0 unspecified atom stereocenters. The Morgan fingerprint density at radius 2 is 2.18 bits per heavy atom. The summed E-state index contributed by atoms with van der Waals surface area (Å²) in [7, 11) is 0. The molecular weight excluding hydrogens is 282 g/mol. The lowest BCUT2D eigenvalue weighted by atomic mass is 10.2. The summed E-state index contributed by atoms with van der Waals surface area (Å²) in [6.45, 7) is 0.0781. The quantitative estimate of drug-likeness (QED) is 0.593. The Hall–Kier alpha value is -3.29. The lowest BCUT2D eigenvalue weighted by Gasteiger charge is -2.06. The minimum atomic E-state index is -0.203. The van der Waals surface area contributed by atoms with E-state index in [0.717, 1.165) is 5.39 Å². The highest BCUT2D eigenvalue weighted by molar-refractivity contribution is 5.99. The van der Waals surface area contributed by atoms with Crippen LogP contribution in [0.3, 0.4) is 0 Å². The van der Waals surface area contributed by atoms with Crippen LogP contribution in [0.1, 0.15) is 0 Å². The number of amides is 1. The van der Waals surface area contributed by atoms with Crippen LogP contribution in [0.25, 0.3) is 22.1 Å². The van der Waals surface area contributed by atoms with Crippen LogP contribution in [0.4, 0.5) is 5.69 Å². The number of anilines is 1. The molecule has 2 N–H and O–H groups in total. The molecule has 0 aliphatic carbocycles. The first-order valence-corrected chi connectivity index (χ1v) is 6.67. The van der Waals surface area contributed by atoms with E-state index in [4.69, 9.17) is 0 Å². The first-order valence-electron chi connectivity index (χ1n) is 6.67. The molecule has 0 atom stereocenters. The number of aromatic nitrogens is 6. The maximum atomic E-state index is 12.2. The number of carbonyl (C=O) groups is 1. The smallest absolute Gasteiger partial charge is 0.246 e. The van der Waals surface area contributed by atoms with Gasteiger partial charge in [-0.3, -0.25) is 4.79 Å². The Morgan fingerprint density at radius 3 is 3.14 bits per heavy atom. The first-order chi connectivity index (χ1) is 10.8. The fraction of sp³-hybridized carbons (Fsp3) is 0.0714. The molecule has 3 aromatic heterocycles. The summed E-state index contributed by atoms with van der Waals surface area (Å²) < 4.78 is 1.56. The van der Waals surface area contributed by atoms with Crippen molar-refractivity contribution in [2.75, 3.05) is 5.32 Å². The molecule has 1 amide bonds. The molecule has 4 aromatic rings. The van der Waals surface area contributed by atoms with Crippen LogP contribution in [0, 0.1) is 0 Å². The number of rotatable bonds is 3. The molecule has 22 heavy (non-hydrogen) atoms. The summed E-state index contributed by atoms with van der Waals surface area (Å²) in [5.74, 6) is -0.203. The molecule has 4 rings (SSSR count). The molecule has 1 aromatic carbocycles. The highest BCUT2D eigenvalue weighted by atomic mass is 16.2. The average Bonchev–Trinajstić information content (AvgIpc) is 3.15. The van der Waals surface area contributed by atoms with Crippen LogP contribution >= 0.6 is 0 Å². The van der Waals surface area contributed by atoms with E-state index in [1.807, 2.05) is 24.3 Å². The van der Waals surface area contributed by atoms with Gasteiger partial charge in [0, 0.05) is 11.6 Å². The number of nitrogens with one attached hydrogen (secondary N) is 2. The number of para-hydroxylation sites is 1. The molecule has 3 heterocycles. The van der Waals surface area contributed by atoms with Crippen molar-refractivity contribution in [1.29, 1.82) is 0 Å². The molecule has 0 saturated carbocycles. The van der Waals surface area contributed by atoms with E-state index in [0.29, 0.717) is 22.4 Å². The molecule has 0 aliphatic rings. The van der Waals surface area contributed by atoms with Gasteiger partial charge in [0.25, 0.3) is 0 Å². The SMILES string of the molecule is O=C(Cn1ncc2cccnc21)Nc1cccc2n[nH]nc12. The average molecular weight is 293 g/mol. The summed E-state index contributed by atoms with van der Waals surface area (Å²) in [5, 5.41) is 18.5. The van der Waals surface area contributed by atoms with Crippen LogP contribution in [-0.4, -0.2) is 36.1 Å². The van der Waals surface area contributed by atoms with E-state index < -0.39 is 0 Å². The lowest BCUT2D eigenvalue weighted by molar-refractivity contribution is -0.116. The van der Waals surface area contributed by atoms with E-state index in [2.05, 4.69) is 30.8 Å². The Labute approximate surface area is 124 Å². The monoisotopic (exact) mass is 293 g/mol. The van der Waals surface area contributed by atoms with Gasteiger partial charge in [0.15, 0.2) is 5.65 Å². The van der Waals surface area contributed by atoms with Crippen LogP contribution in [0.2, 0.25) is 0 Å². The van der Waals surface area contributed by atoms with Crippen LogP contribution < -0.4 is 5.32 Å².